The van der Waals surface area contributed by atoms with Crippen molar-refractivity contribution in [1.82, 2.24) is 15.3 Å². The number of nitrogens with one attached hydrogen (secondary N) is 2. The number of H-pyrrole nitrogens is 1. The first-order valence-corrected chi connectivity index (χ1v) is 9.69. The van der Waals surface area contributed by atoms with Crippen molar-refractivity contribution >= 4 is 17.7 Å². The van der Waals surface area contributed by atoms with E-state index in [1.807, 2.05) is 0 Å². The standard InChI is InChI=1S/C18H18F3N3O3S/c19-18(20,21)27-12-7-5-11(6-8-12)15(25)22-9-10-28-17-23-14-4-2-1-3-13(14)16(26)24-17/h5-8H,1-4,9-10H2,(H,22,25)(H,23,24,26). The number of halogens is 3. The van der Waals surface area contributed by atoms with E-state index in [1.165, 1.54) is 23.9 Å². The number of amides is 1. The SMILES string of the molecule is O=C(NCCSc1nc2c(c(=O)[nH]1)CCCC2)c1ccc(OC(F)(F)F)cc1. The predicted octanol–water partition coefficient (Wildman–Crippen LogP) is 3.07. The molecule has 0 fully saturated rings. The number of carbonyl (C=O) groups is 1. The number of thioether (sulfide) groups is 1. The first kappa shape index (κ1) is 20.2. The number of hydrogen-bond acceptors (Lipinski definition) is 5. The van der Waals surface area contributed by atoms with Crippen molar-refractivity contribution in [2.24, 2.45) is 0 Å². The van der Waals surface area contributed by atoms with Gasteiger partial charge in [-0.25, -0.2) is 4.98 Å². The predicted molar refractivity (Wildman–Crippen MR) is 97.7 cm³/mol. The fourth-order valence-corrected chi connectivity index (χ4v) is 3.61. The number of aromatic amines is 1. The van der Waals surface area contributed by atoms with Crippen LogP contribution in [0.4, 0.5) is 13.2 Å². The summed E-state index contributed by atoms with van der Waals surface area (Å²) in [5, 5.41) is 3.19. The van der Waals surface area contributed by atoms with Crippen LogP contribution in [-0.4, -0.2) is 34.5 Å². The molecule has 0 aliphatic heterocycles. The molecule has 0 atom stereocenters. The van der Waals surface area contributed by atoms with E-state index in [1.54, 1.807) is 0 Å². The summed E-state index contributed by atoms with van der Waals surface area (Å²) in [5.41, 5.74) is 1.74. The number of rotatable bonds is 6. The topological polar surface area (TPSA) is 84.1 Å². The zero-order valence-corrected chi connectivity index (χ0v) is 15.6. The summed E-state index contributed by atoms with van der Waals surface area (Å²) in [4.78, 5) is 31.3. The van der Waals surface area contributed by atoms with Gasteiger partial charge in [-0.2, -0.15) is 0 Å². The number of nitrogens with zero attached hydrogens (tertiary/aromatic N) is 1. The van der Waals surface area contributed by atoms with Gasteiger partial charge < -0.3 is 15.0 Å². The molecule has 2 N–H and O–H groups in total. The van der Waals surface area contributed by atoms with Crippen molar-refractivity contribution in [2.45, 2.75) is 37.2 Å². The zero-order valence-electron chi connectivity index (χ0n) is 14.8. The Morgan fingerprint density at radius 3 is 2.64 bits per heavy atom. The fraction of sp³-hybridized carbons (Fsp3) is 0.389. The third-order valence-electron chi connectivity index (χ3n) is 4.15. The summed E-state index contributed by atoms with van der Waals surface area (Å²) in [6.45, 7) is 0.311. The molecule has 150 valence electrons. The van der Waals surface area contributed by atoms with Crippen LogP contribution >= 0.6 is 11.8 Å². The van der Waals surface area contributed by atoms with Crippen LogP contribution in [0.3, 0.4) is 0 Å². The minimum absolute atomic E-state index is 0.0996. The first-order chi connectivity index (χ1) is 13.3. The van der Waals surface area contributed by atoms with Crippen LogP contribution in [0.25, 0.3) is 0 Å². The summed E-state index contributed by atoms with van der Waals surface area (Å²) in [7, 11) is 0. The molecule has 0 spiro atoms. The van der Waals surface area contributed by atoms with Crippen LogP contribution in [-0.2, 0) is 12.8 Å². The molecule has 3 rings (SSSR count). The molecular formula is C18H18F3N3O3S. The Bertz CT molecular complexity index is 898. The van der Waals surface area contributed by atoms with Gasteiger partial charge in [0.1, 0.15) is 5.75 Å². The second-order valence-corrected chi connectivity index (χ2v) is 7.26. The average Bonchev–Trinajstić information content (AvgIpc) is 2.64. The Labute approximate surface area is 162 Å². The van der Waals surface area contributed by atoms with E-state index in [0.717, 1.165) is 49.1 Å². The molecule has 1 aliphatic rings. The lowest BCUT2D eigenvalue weighted by Gasteiger charge is -2.14. The molecule has 0 saturated heterocycles. The van der Waals surface area contributed by atoms with Crippen molar-refractivity contribution in [3.8, 4) is 5.75 Å². The number of hydrogen-bond donors (Lipinski definition) is 2. The molecule has 1 aromatic heterocycles. The van der Waals surface area contributed by atoms with E-state index in [4.69, 9.17) is 0 Å². The lowest BCUT2D eigenvalue weighted by Crippen LogP contribution is -2.26. The number of carbonyl (C=O) groups excluding carboxylic acids is 1. The number of alkyl halides is 3. The van der Waals surface area contributed by atoms with Gasteiger partial charge in [0.25, 0.3) is 11.5 Å². The summed E-state index contributed by atoms with van der Waals surface area (Å²) < 4.78 is 40.2. The highest BCUT2D eigenvalue weighted by Crippen LogP contribution is 2.23. The highest BCUT2D eigenvalue weighted by atomic mass is 32.2. The molecule has 10 heteroatoms. The zero-order chi connectivity index (χ0) is 20.1. The van der Waals surface area contributed by atoms with Gasteiger partial charge in [0.2, 0.25) is 0 Å². The van der Waals surface area contributed by atoms with Crippen molar-refractivity contribution in [2.75, 3.05) is 12.3 Å². The molecular weight excluding hydrogens is 395 g/mol. The van der Waals surface area contributed by atoms with E-state index >= 15 is 0 Å². The monoisotopic (exact) mass is 413 g/mol. The molecule has 1 heterocycles. The van der Waals surface area contributed by atoms with Crippen molar-refractivity contribution in [3.63, 3.8) is 0 Å². The minimum atomic E-state index is -4.77. The third-order valence-corrected chi connectivity index (χ3v) is 5.02. The normalized spacial score (nSPS) is 13.7. The third kappa shape index (κ3) is 5.51. The molecule has 28 heavy (non-hydrogen) atoms. The number of ether oxygens (including phenoxy) is 1. The molecule has 6 nitrogen and oxygen atoms in total. The van der Waals surface area contributed by atoms with Gasteiger partial charge in [-0.05, 0) is 49.9 Å². The summed E-state index contributed by atoms with van der Waals surface area (Å²) in [6, 6.07) is 4.68. The Morgan fingerprint density at radius 2 is 1.93 bits per heavy atom. The summed E-state index contributed by atoms with van der Waals surface area (Å²) >= 11 is 1.33. The number of aryl methyl sites for hydroxylation is 1. The van der Waals surface area contributed by atoms with Gasteiger partial charge in [-0.1, -0.05) is 11.8 Å². The smallest absolute Gasteiger partial charge is 0.406 e. The van der Waals surface area contributed by atoms with E-state index in [0.29, 0.717) is 17.5 Å². The Kier molecular flexibility index (Phi) is 6.28. The number of fused-ring (bicyclic) bond motifs is 1. The van der Waals surface area contributed by atoms with Gasteiger partial charge in [0, 0.05) is 23.4 Å². The Balaban J connectivity index is 1.48. The second-order valence-electron chi connectivity index (χ2n) is 6.18. The van der Waals surface area contributed by atoms with Crippen LogP contribution in [0.5, 0.6) is 5.75 Å². The number of benzene rings is 1. The van der Waals surface area contributed by atoms with E-state index in [9.17, 15) is 22.8 Å². The quantitative estimate of drug-likeness (QED) is 0.432. The number of aromatic nitrogens is 2. The highest BCUT2D eigenvalue weighted by Gasteiger charge is 2.31. The van der Waals surface area contributed by atoms with E-state index in [2.05, 4.69) is 20.0 Å². The molecule has 2 aromatic rings. The molecule has 0 radical (unpaired) electrons. The van der Waals surface area contributed by atoms with Crippen LogP contribution in [0.15, 0.2) is 34.2 Å². The van der Waals surface area contributed by atoms with Crippen molar-refractivity contribution in [1.29, 1.82) is 0 Å². The maximum absolute atomic E-state index is 12.1. The lowest BCUT2D eigenvalue weighted by molar-refractivity contribution is -0.274. The fourth-order valence-electron chi connectivity index (χ4n) is 2.87. The summed E-state index contributed by atoms with van der Waals surface area (Å²) in [6.07, 6.45) is -1.19. The van der Waals surface area contributed by atoms with Gasteiger partial charge in [-0.3, -0.25) is 9.59 Å². The van der Waals surface area contributed by atoms with Gasteiger partial charge in [0.15, 0.2) is 5.16 Å². The van der Waals surface area contributed by atoms with Crippen molar-refractivity contribution < 1.29 is 22.7 Å². The highest BCUT2D eigenvalue weighted by molar-refractivity contribution is 7.99. The van der Waals surface area contributed by atoms with Gasteiger partial charge in [-0.15, -0.1) is 13.2 Å². The van der Waals surface area contributed by atoms with E-state index in [-0.39, 0.29) is 16.9 Å². The van der Waals surface area contributed by atoms with Crippen LogP contribution in [0, 0.1) is 0 Å². The Morgan fingerprint density at radius 1 is 1.21 bits per heavy atom. The average molecular weight is 413 g/mol. The molecule has 0 unspecified atom stereocenters. The molecule has 1 aliphatic carbocycles. The van der Waals surface area contributed by atoms with Crippen molar-refractivity contribution in [3.05, 3.63) is 51.4 Å². The van der Waals surface area contributed by atoms with E-state index < -0.39 is 12.3 Å². The van der Waals surface area contributed by atoms with Crippen LogP contribution < -0.4 is 15.6 Å². The molecule has 0 bridgehead atoms. The second kappa shape index (κ2) is 8.68. The first-order valence-electron chi connectivity index (χ1n) is 8.71. The van der Waals surface area contributed by atoms with Gasteiger partial charge >= 0.3 is 6.36 Å². The van der Waals surface area contributed by atoms with Crippen LogP contribution in [0.1, 0.15) is 34.5 Å². The largest absolute Gasteiger partial charge is 0.573 e. The maximum atomic E-state index is 12.1. The maximum Gasteiger partial charge on any atom is 0.573 e. The van der Waals surface area contributed by atoms with Crippen LogP contribution in [0.2, 0.25) is 0 Å². The Hall–Kier alpha value is -2.49. The molecule has 0 saturated carbocycles. The molecule has 1 aromatic carbocycles. The van der Waals surface area contributed by atoms with Gasteiger partial charge in [0.05, 0.1) is 5.69 Å². The lowest BCUT2D eigenvalue weighted by atomic mass is 9.97. The minimum Gasteiger partial charge on any atom is -0.406 e. The summed E-state index contributed by atoms with van der Waals surface area (Å²) in [5.74, 6) is -0.309. The molecule has 1 amide bonds.